The van der Waals surface area contributed by atoms with Gasteiger partial charge < -0.3 is 19.9 Å². The third kappa shape index (κ3) is 8.14. The van der Waals surface area contributed by atoms with Crippen molar-refractivity contribution < 1.29 is 14.3 Å². The van der Waals surface area contributed by atoms with Crippen molar-refractivity contribution in [1.29, 1.82) is 5.26 Å². The minimum atomic E-state index is -0.218. The number of hydrogen-bond acceptors (Lipinski definition) is 10. The van der Waals surface area contributed by atoms with Crippen molar-refractivity contribution in [3.63, 3.8) is 0 Å². The minimum Gasteiger partial charge on any atom is -0.490 e. The molecular formula is C45H46ClN11O3. The second kappa shape index (κ2) is 16.7. The number of carbonyl (C=O) groups excluding carboxylic acids is 2. The Labute approximate surface area is 353 Å². The second-order valence-electron chi connectivity index (χ2n) is 16.2. The molecule has 15 heteroatoms. The maximum Gasteiger partial charge on any atom is 0.272 e. The summed E-state index contributed by atoms with van der Waals surface area (Å²) in [6, 6.07) is 19.2. The number of aryl methyl sites for hydroxylation is 1. The van der Waals surface area contributed by atoms with E-state index in [1.54, 1.807) is 31.2 Å². The lowest BCUT2D eigenvalue weighted by Crippen LogP contribution is -2.40. The average Bonchev–Trinajstić information content (AvgIpc) is 3.88. The minimum absolute atomic E-state index is 0.0266. The number of nitrogens with zero attached hydrogens (tertiary/aromatic N) is 10. The van der Waals surface area contributed by atoms with Crippen LogP contribution in [0, 0.1) is 17.2 Å². The Morgan fingerprint density at radius 1 is 0.983 bits per heavy atom. The van der Waals surface area contributed by atoms with E-state index in [1.807, 2.05) is 39.8 Å². The fraction of sp³-hybridized carbons (Fsp3) is 0.378. The Morgan fingerprint density at radius 2 is 1.82 bits per heavy atom. The van der Waals surface area contributed by atoms with Gasteiger partial charge in [0.15, 0.2) is 11.5 Å². The second-order valence-corrected chi connectivity index (χ2v) is 16.6. The Balaban J connectivity index is 0.760. The highest BCUT2D eigenvalue weighted by Crippen LogP contribution is 2.35. The van der Waals surface area contributed by atoms with Crippen LogP contribution in [-0.4, -0.2) is 83.2 Å². The summed E-state index contributed by atoms with van der Waals surface area (Å²) < 4.78 is 10.1. The molecule has 0 radical (unpaired) electrons. The first-order chi connectivity index (χ1) is 29.2. The third-order valence-electron chi connectivity index (χ3n) is 12.3. The molecule has 6 aromatic rings. The van der Waals surface area contributed by atoms with Crippen LogP contribution < -0.4 is 15.0 Å². The highest BCUT2D eigenvalue weighted by atomic mass is 35.5. The van der Waals surface area contributed by atoms with Crippen molar-refractivity contribution >= 4 is 40.0 Å². The summed E-state index contributed by atoms with van der Waals surface area (Å²) >= 11 is 6.16. The maximum atomic E-state index is 13.1. The highest BCUT2D eigenvalue weighted by molar-refractivity contribution is 6.31. The lowest BCUT2D eigenvalue weighted by atomic mass is 9.93. The monoisotopic (exact) mass is 823 g/mol. The number of carbonyl (C=O) groups is 2. The first-order valence-electron chi connectivity index (χ1n) is 20.7. The molecule has 3 aliphatic rings. The van der Waals surface area contributed by atoms with Gasteiger partial charge in [-0.2, -0.15) is 15.5 Å². The van der Waals surface area contributed by atoms with Gasteiger partial charge in [0.2, 0.25) is 5.91 Å². The Hall–Kier alpha value is -6.33. The number of nitriles is 1. The smallest absolute Gasteiger partial charge is 0.272 e. The number of aromatic nitrogens is 7. The molecule has 9 rings (SSSR count). The van der Waals surface area contributed by atoms with E-state index in [2.05, 4.69) is 56.9 Å². The van der Waals surface area contributed by atoms with Gasteiger partial charge in [-0.05, 0) is 80.2 Å². The van der Waals surface area contributed by atoms with Crippen LogP contribution in [0.3, 0.4) is 0 Å². The first kappa shape index (κ1) is 39.1. The molecule has 2 aliphatic heterocycles. The lowest BCUT2D eigenvalue weighted by Gasteiger charge is -2.32. The summed E-state index contributed by atoms with van der Waals surface area (Å²) in [6.07, 6.45) is 11.9. The van der Waals surface area contributed by atoms with Crippen LogP contribution in [0.4, 0.5) is 5.82 Å². The molecule has 0 atom stereocenters. The van der Waals surface area contributed by atoms with Crippen LogP contribution in [-0.2, 0) is 31.4 Å². The van der Waals surface area contributed by atoms with Gasteiger partial charge in [-0.1, -0.05) is 29.8 Å². The van der Waals surface area contributed by atoms with E-state index in [0.29, 0.717) is 41.0 Å². The van der Waals surface area contributed by atoms with Crippen molar-refractivity contribution in [2.24, 2.45) is 13.0 Å². The average molecular weight is 824 g/mol. The zero-order valence-electron chi connectivity index (χ0n) is 33.7. The summed E-state index contributed by atoms with van der Waals surface area (Å²) in [5, 5.41) is 33.1. The first-order valence-corrected chi connectivity index (χ1v) is 21.0. The van der Waals surface area contributed by atoms with Gasteiger partial charge in [0, 0.05) is 105 Å². The topological polar surface area (TPSA) is 160 Å². The zero-order chi connectivity index (χ0) is 41.3. The molecule has 60 heavy (non-hydrogen) atoms. The zero-order valence-corrected chi connectivity index (χ0v) is 34.5. The van der Waals surface area contributed by atoms with Crippen molar-refractivity contribution in [1.82, 2.24) is 45.0 Å². The number of benzene rings is 2. The van der Waals surface area contributed by atoms with Crippen LogP contribution >= 0.6 is 11.6 Å². The summed E-state index contributed by atoms with van der Waals surface area (Å²) in [6.45, 7) is 5.41. The molecule has 4 aromatic heterocycles. The summed E-state index contributed by atoms with van der Waals surface area (Å²) in [4.78, 5) is 34.3. The summed E-state index contributed by atoms with van der Waals surface area (Å²) in [5.74, 6) is 1.75. The number of hydrogen-bond donors (Lipinski definition) is 1. The van der Waals surface area contributed by atoms with E-state index in [1.165, 1.54) is 5.69 Å². The molecule has 1 N–H and O–H groups in total. The van der Waals surface area contributed by atoms with E-state index >= 15 is 0 Å². The molecule has 0 spiro atoms. The van der Waals surface area contributed by atoms with Crippen LogP contribution in [0.2, 0.25) is 5.02 Å². The van der Waals surface area contributed by atoms with E-state index in [-0.39, 0.29) is 24.0 Å². The quantitative estimate of drug-likeness (QED) is 0.165. The molecule has 1 aliphatic carbocycles. The predicted octanol–water partition coefficient (Wildman–Crippen LogP) is 6.76. The molecule has 14 nitrogen and oxygen atoms in total. The molecule has 2 fully saturated rings. The number of ether oxygens (including phenoxy) is 1. The van der Waals surface area contributed by atoms with Gasteiger partial charge >= 0.3 is 0 Å². The van der Waals surface area contributed by atoms with Gasteiger partial charge in [0.25, 0.3) is 5.91 Å². The van der Waals surface area contributed by atoms with E-state index in [9.17, 15) is 9.59 Å². The van der Waals surface area contributed by atoms with E-state index in [4.69, 9.17) is 36.8 Å². The van der Waals surface area contributed by atoms with Crippen molar-refractivity contribution in [3.05, 3.63) is 101 Å². The SMILES string of the molecule is CC(=O)N1CCc2c(c(-c3cccc4cc(-c5cnn(CC6CCN(c7ccc(C(=O)NC8CCC(Oc9ccc(C#N)c(Cl)c9)CC8)nn7)CC6)c5)ncc34)nn2C)C1. The molecule has 2 aromatic carbocycles. The number of nitrogens with one attached hydrogen (secondary N) is 1. The van der Waals surface area contributed by atoms with E-state index in [0.717, 1.165) is 109 Å². The number of pyridine rings is 1. The molecular weight excluding hydrogens is 778 g/mol. The molecule has 1 saturated heterocycles. The van der Waals surface area contributed by atoms with Gasteiger partial charge in [-0.3, -0.25) is 23.9 Å². The Kier molecular flexibility index (Phi) is 10.9. The van der Waals surface area contributed by atoms with Crippen LogP contribution in [0.25, 0.3) is 33.3 Å². The number of amides is 2. The largest absolute Gasteiger partial charge is 0.490 e. The van der Waals surface area contributed by atoms with Crippen molar-refractivity contribution in [2.45, 2.75) is 77.1 Å². The molecule has 0 unspecified atom stereocenters. The standard InChI is InChI=1S/C45H46ClN11O3/c1-28(58)56-19-16-42-38(27-56)44(53-54(42)2)36-5-3-4-30-20-41(48-24-37(30)36)32-23-49-57(26-32)25-29-14-17-55(18-15-29)43-13-12-40(51-52-43)45(59)50-33-7-10-34(11-8-33)60-35-9-6-31(22-47)39(46)21-35/h3-6,9,12-13,20-21,23-24,26,29,33-34H,7-8,10-11,14-19,25,27H2,1-2H3,(H,50,59). The Morgan fingerprint density at radius 3 is 2.57 bits per heavy atom. The van der Waals surface area contributed by atoms with Gasteiger partial charge in [0.05, 0.1) is 34.3 Å². The highest BCUT2D eigenvalue weighted by Gasteiger charge is 2.28. The van der Waals surface area contributed by atoms with Crippen LogP contribution in [0.1, 0.15) is 72.8 Å². The van der Waals surface area contributed by atoms with Gasteiger partial charge in [-0.25, -0.2) is 0 Å². The van der Waals surface area contributed by atoms with Crippen LogP contribution in [0.15, 0.2) is 73.2 Å². The predicted molar refractivity (Wildman–Crippen MR) is 227 cm³/mol. The van der Waals surface area contributed by atoms with E-state index < -0.39 is 0 Å². The van der Waals surface area contributed by atoms with Crippen LogP contribution in [0.5, 0.6) is 5.75 Å². The normalized spacial score (nSPS) is 18.2. The number of halogens is 1. The third-order valence-corrected chi connectivity index (χ3v) is 12.6. The fourth-order valence-corrected chi connectivity index (χ4v) is 9.08. The van der Waals surface area contributed by atoms with Crippen molar-refractivity contribution in [3.8, 4) is 34.3 Å². The fourth-order valence-electron chi connectivity index (χ4n) is 8.87. The number of piperidine rings is 1. The molecule has 6 heterocycles. The maximum absolute atomic E-state index is 13.1. The number of fused-ring (bicyclic) bond motifs is 2. The molecule has 306 valence electrons. The van der Waals surface area contributed by atoms with Crippen molar-refractivity contribution in [2.75, 3.05) is 24.5 Å². The van der Waals surface area contributed by atoms with Gasteiger partial charge in [0.1, 0.15) is 11.8 Å². The molecule has 1 saturated carbocycles. The summed E-state index contributed by atoms with van der Waals surface area (Å²) in [5.41, 5.74) is 6.79. The molecule has 0 bridgehead atoms. The van der Waals surface area contributed by atoms with Gasteiger partial charge in [-0.15, -0.1) is 10.2 Å². The number of rotatable bonds is 9. The number of anilines is 1. The summed E-state index contributed by atoms with van der Waals surface area (Å²) in [7, 11) is 1.98. The lowest BCUT2D eigenvalue weighted by molar-refractivity contribution is -0.129. The molecule has 2 amide bonds. The Bertz CT molecular complexity index is 2600.